The zero-order chi connectivity index (χ0) is 17.8. The smallest absolute Gasteiger partial charge is 0.229 e. The highest BCUT2D eigenvalue weighted by atomic mass is 35.5. The van der Waals surface area contributed by atoms with E-state index < -0.39 is 0 Å². The van der Waals surface area contributed by atoms with Crippen LogP contribution in [0.15, 0.2) is 54.7 Å². The first kappa shape index (κ1) is 16.5. The molecule has 2 aromatic carbocycles. The van der Waals surface area contributed by atoms with E-state index in [4.69, 9.17) is 21.1 Å². The lowest BCUT2D eigenvalue weighted by Crippen LogP contribution is -2.15. The van der Waals surface area contributed by atoms with Crippen molar-refractivity contribution in [3.05, 3.63) is 65.3 Å². The van der Waals surface area contributed by atoms with Crippen LogP contribution in [0.3, 0.4) is 0 Å². The van der Waals surface area contributed by atoms with Crippen LogP contribution in [0.4, 0.5) is 17.5 Å². The van der Waals surface area contributed by atoms with E-state index in [-0.39, 0.29) is 0 Å². The fourth-order valence-corrected chi connectivity index (χ4v) is 2.80. The second-order valence-corrected chi connectivity index (χ2v) is 6.10. The second kappa shape index (κ2) is 7.49. The van der Waals surface area contributed by atoms with E-state index in [1.54, 1.807) is 6.20 Å². The first-order valence-electron chi connectivity index (χ1n) is 8.25. The third-order valence-electron chi connectivity index (χ3n) is 3.87. The molecule has 0 radical (unpaired) electrons. The average Bonchev–Trinajstić information content (AvgIpc) is 2.68. The Hall–Kier alpha value is -2.99. The summed E-state index contributed by atoms with van der Waals surface area (Å²) in [6.45, 7) is 1.70. The normalized spacial score (nSPS) is 12.5. The molecular formula is C19H17ClN4O2. The number of aromatic nitrogens is 2. The molecule has 2 N–H and O–H groups in total. The van der Waals surface area contributed by atoms with E-state index in [0.29, 0.717) is 37.3 Å². The number of anilines is 3. The van der Waals surface area contributed by atoms with Crippen LogP contribution in [0.1, 0.15) is 5.56 Å². The predicted molar refractivity (Wildman–Crippen MR) is 102 cm³/mol. The van der Waals surface area contributed by atoms with Crippen LogP contribution in [-0.4, -0.2) is 23.2 Å². The summed E-state index contributed by atoms with van der Waals surface area (Å²) in [6, 6.07) is 15.2. The van der Waals surface area contributed by atoms with E-state index in [1.165, 1.54) is 0 Å². The summed E-state index contributed by atoms with van der Waals surface area (Å²) in [5.74, 6) is 2.66. The van der Waals surface area contributed by atoms with Crippen LogP contribution >= 0.6 is 11.6 Å². The van der Waals surface area contributed by atoms with E-state index in [0.717, 1.165) is 22.0 Å². The van der Waals surface area contributed by atoms with Gasteiger partial charge in [-0.15, -0.1) is 0 Å². The molecule has 0 fully saturated rings. The third kappa shape index (κ3) is 3.81. The summed E-state index contributed by atoms with van der Waals surface area (Å²) >= 11 is 6.18. The highest BCUT2D eigenvalue weighted by Gasteiger charge is 2.12. The van der Waals surface area contributed by atoms with Gasteiger partial charge in [-0.3, -0.25) is 0 Å². The fourth-order valence-electron chi connectivity index (χ4n) is 2.60. The van der Waals surface area contributed by atoms with Crippen molar-refractivity contribution in [1.29, 1.82) is 0 Å². The Balaban J connectivity index is 1.45. The minimum absolute atomic E-state index is 0.492. The van der Waals surface area contributed by atoms with Crippen LogP contribution in [-0.2, 0) is 6.54 Å². The molecule has 0 aliphatic carbocycles. The first-order valence-corrected chi connectivity index (χ1v) is 8.63. The maximum Gasteiger partial charge on any atom is 0.229 e. The van der Waals surface area contributed by atoms with Crippen LogP contribution in [0.2, 0.25) is 5.02 Å². The van der Waals surface area contributed by atoms with Gasteiger partial charge in [-0.25, -0.2) is 4.98 Å². The van der Waals surface area contributed by atoms with Crippen molar-refractivity contribution in [1.82, 2.24) is 9.97 Å². The number of nitrogens with zero attached hydrogens (tertiary/aromatic N) is 2. The summed E-state index contributed by atoms with van der Waals surface area (Å²) < 4.78 is 11.1. The summed E-state index contributed by atoms with van der Waals surface area (Å²) in [5.41, 5.74) is 1.84. The van der Waals surface area contributed by atoms with Gasteiger partial charge in [-0.1, -0.05) is 29.8 Å². The number of halogens is 1. The van der Waals surface area contributed by atoms with Gasteiger partial charge in [0.05, 0.1) is 0 Å². The van der Waals surface area contributed by atoms with Crippen LogP contribution in [0.25, 0.3) is 0 Å². The van der Waals surface area contributed by atoms with Gasteiger partial charge in [0.15, 0.2) is 11.5 Å². The Bertz CT molecular complexity index is 920. The number of nitrogens with one attached hydrogen (secondary N) is 2. The molecule has 0 atom stereocenters. The van der Waals surface area contributed by atoms with Crippen molar-refractivity contribution in [2.75, 3.05) is 23.8 Å². The van der Waals surface area contributed by atoms with Gasteiger partial charge < -0.3 is 20.1 Å². The molecule has 0 unspecified atom stereocenters. The maximum absolute atomic E-state index is 6.18. The molecule has 2 heterocycles. The van der Waals surface area contributed by atoms with Crippen LogP contribution in [0, 0.1) is 0 Å². The van der Waals surface area contributed by atoms with E-state index in [1.807, 2.05) is 48.5 Å². The minimum atomic E-state index is 0.492. The SMILES string of the molecule is Clc1ccccc1CNc1ccnc(Nc2ccc3c(c2)OCCO3)n1. The topological polar surface area (TPSA) is 68.3 Å². The van der Waals surface area contributed by atoms with Crippen molar-refractivity contribution < 1.29 is 9.47 Å². The standard InChI is InChI=1S/C19H17ClN4O2/c20-15-4-2-1-3-13(15)12-22-18-7-8-21-19(24-18)23-14-5-6-16-17(11-14)26-10-9-25-16/h1-8,11H,9-10,12H2,(H2,21,22,23,24). The van der Waals surface area contributed by atoms with Gasteiger partial charge in [0, 0.05) is 29.5 Å². The zero-order valence-corrected chi connectivity index (χ0v) is 14.7. The van der Waals surface area contributed by atoms with Crippen molar-refractivity contribution in [3.8, 4) is 11.5 Å². The lowest BCUT2D eigenvalue weighted by Gasteiger charge is -2.19. The Morgan fingerprint density at radius 3 is 2.73 bits per heavy atom. The van der Waals surface area contributed by atoms with Crippen LogP contribution in [0.5, 0.6) is 11.5 Å². The monoisotopic (exact) mass is 368 g/mol. The van der Waals surface area contributed by atoms with Crippen molar-refractivity contribution in [2.45, 2.75) is 6.54 Å². The molecule has 0 saturated carbocycles. The van der Waals surface area contributed by atoms with E-state index >= 15 is 0 Å². The molecule has 132 valence electrons. The molecule has 4 rings (SSSR count). The van der Waals surface area contributed by atoms with E-state index in [2.05, 4.69) is 20.6 Å². The Kier molecular flexibility index (Phi) is 4.75. The van der Waals surface area contributed by atoms with Gasteiger partial charge in [0.1, 0.15) is 19.0 Å². The van der Waals surface area contributed by atoms with E-state index in [9.17, 15) is 0 Å². The van der Waals surface area contributed by atoms with Crippen molar-refractivity contribution >= 4 is 29.1 Å². The number of ether oxygens (including phenoxy) is 2. The summed E-state index contributed by atoms with van der Waals surface area (Å²) in [7, 11) is 0. The molecule has 0 bridgehead atoms. The van der Waals surface area contributed by atoms with Crippen molar-refractivity contribution in [3.63, 3.8) is 0 Å². The quantitative estimate of drug-likeness (QED) is 0.701. The predicted octanol–water partition coefficient (Wildman–Crippen LogP) is 4.26. The third-order valence-corrected chi connectivity index (χ3v) is 4.24. The molecule has 1 aliphatic heterocycles. The molecule has 6 nitrogen and oxygen atoms in total. The number of rotatable bonds is 5. The zero-order valence-electron chi connectivity index (χ0n) is 13.9. The first-order chi connectivity index (χ1) is 12.8. The van der Waals surface area contributed by atoms with Gasteiger partial charge in [0.2, 0.25) is 5.95 Å². The summed E-state index contributed by atoms with van der Waals surface area (Å²) in [6.07, 6.45) is 1.70. The van der Waals surface area contributed by atoms with Crippen LogP contribution < -0.4 is 20.1 Å². The molecule has 3 aromatic rings. The van der Waals surface area contributed by atoms with Gasteiger partial charge >= 0.3 is 0 Å². The molecule has 0 saturated heterocycles. The van der Waals surface area contributed by atoms with Gasteiger partial charge in [0.25, 0.3) is 0 Å². The lowest BCUT2D eigenvalue weighted by molar-refractivity contribution is 0.171. The highest BCUT2D eigenvalue weighted by molar-refractivity contribution is 6.31. The fraction of sp³-hybridized carbons (Fsp3) is 0.158. The summed E-state index contributed by atoms with van der Waals surface area (Å²) in [5, 5.41) is 7.16. The Labute approximate surface area is 156 Å². The molecule has 26 heavy (non-hydrogen) atoms. The number of benzene rings is 2. The lowest BCUT2D eigenvalue weighted by atomic mass is 10.2. The average molecular weight is 369 g/mol. The van der Waals surface area contributed by atoms with Gasteiger partial charge in [-0.2, -0.15) is 4.98 Å². The summed E-state index contributed by atoms with van der Waals surface area (Å²) in [4.78, 5) is 8.74. The Morgan fingerprint density at radius 2 is 1.85 bits per heavy atom. The molecule has 0 spiro atoms. The minimum Gasteiger partial charge on any atom is -0.486 e. The maximum atomic E-state index is 6.18. The number of fused-ring (bicyclic) bond motifs is 1. The molecule has 1 aromatic heterocycles. The van der Waals surface area contributed by atoms with Crippen molar-refractivity contribution in [2.24, 2.45) is 0 Å². The second-order valence-electron chi connectivity index (χ2n) is 5.69. The highest BCUT2D eigenvalue weighted by Crippen LogP contribution is 2.33. The Morgan fingerprint density at radius 1 is 1.00 bits per heavy atom. The molecule has 1 aliphatic rings. The molecule has 7 heteroatoms. The number of hydrogen-bond acceptors (Lipinski definition) is 6. The molecule has 0 amide bonds. The number of hydrogen-bond donors (Lipinski definition) is 2. The molecular weight excluding hydrogens is 352 g/mol. The van der Waals surface area contributed by atoms with Gasteiger partial charge in [-0.05, 0) is 29.8 Å². The largest absolute Gasteiger partial charge is 0.486 e.